The summed E-state index contributed by atoms with van der Waals surface area (Å²) in [6.07, 6.45) is 6.38. The molecule has 1 N–H and O–H groups in total. The largest absolute Gasteiger partial charge is 0.419 e. The number of hydrogen-bond acceptors (Lipinski definition) is 3. The maximum Gasteiger partial charge on any atom is 0.419 e. The number of rotatable bonds is 4. The molecule has 1 fully saturated rings. The molecule has 22 heavy (non-hydrogen) atoms. The van der Waals surface area contributed by atoms with Crippen LogP contribution >= 0.6 is 0 Å². The summed E-state index contributed by atoms with van der Waals surface area (Å²) in [7, 11) is 1.69. The second-order valence-corrected chi connectivity index (χ2v) is 6.11. The molecule has 5 nitrogen and oxygen atoms in total. The predicted molar refractivity (Wildman–Crippen MR) is 84.7 cm³/mol. The van der Waals surface area contributed by atoms with Crippen LogP contribution in [0.15, 0.2) is 27.4 Å². The number of aryl methyl sites for hydroxylation is 1. The number of benzene rings is 1. The van der Waals surface area contributed by atoms with Crippen molar-refractivity contribution in [2.75, 3.05) is 6.54 Å². The van der Waals surface area contributed by atoms with Gasteiger partial charge in [0.1, 0.15) is 0 Å². The Hall–Kier alpha value is -2.04. The van der Waals surface area contributed by atoms with Crippen LogP contribution in [0.2, 0.25) is 0 Å². The molecule has 0 bridgehead atoms. The number of nitrogens with zero attached hydrogens (tertiary/aromatic N) is 1. The Bertz CT molecular complexity index is 723. The summed E-state index contributed by atoms with van der Waals surface area (Å²) in [5, 5.41) is 3.03. The molecular formula is C17H22N2O3. The third-order valence-corrected chi connectivity index (χ3v) is 4.55. The van der Waals surface area contributed by atoms with Gasteiger partial charge >= 0.3 is 5.76 Å². The third kappa shape index (κ3) is 3.08. The number of amides is 1. The van der Waals surface area contributed by atoms with Crippen LogP contribution in [0.25, 0.3) is 11.1 Å². The minimum Gasteiger partial charge on any atom is -0.408 e. The first kappa shape index (κ1) is 14.9. The van der Waals surface area contributed by atoms with Crippen molar-refractivity contribution in [3.63, 3.8) is 0 Å². The van der Waals surface area contributed by atoms with Crippen molar-refractivity contribution >= 4 is 17.0 Å². The molecule has 0 saturated heterocycles. The summed E-state index contributed by atoms with van der Waals surface area (Å²) in [5.41, 5.74) is 2.45. The first-order chi connectivity index (χ1) is 10.6. The highest BCUT2D eigenvalue weighted by molar-refractivity contribution is 5.78. The van der Waals surface area contributed by atoms with E-state index < -0.39 is 0 Å². The lowest BCUT2D eigenvalue weighted by atomic mass is 9.88. The normalized spacial score (nSPS) is 16.0. The monoisotopic (exact) mass is 302 g/mol. The summed E-state index contributed by atoms with van der Waals surface area (Å²) >= 11 is 0. The van der Waals surface area contributed by atoms with Gasteiger partial charge in [0.25, 0.3) is 0 Å². The molecule has 5 heteroatoms. The lowest BCUT2D eigenvalue weighted by Crippen LogP contribution is -2.33. The average Bonchev–Trinajstić information content (AvgIpc) is 2.82. The second-order valence-electron chi connectivity index (χ2n) is 6.11. The van der Waals surface area contributed by atoms with E-state index in [-0.39, 0.29) is 17.6 Å². The van der Waals surface area contributed by atoms with Crippen molar-refractivity contribution in [2.24, 2.45) is 13.0 Å². The van der Waals surface area contributed by atoms with Gasteiger partial charge in [-0.1, -0.05) is 25.3 Å². The standard InChI is InChI=1S/C17H22N2O3/c1-19-14-8-7-12(11-15(14)22-17(19)21)9-10-18-16(20)13-5-3-2-4-6-13/h7-8,11,13H,2-6,9-10H2,1H3,(H,18,20). The van der Waals surface area contributed by atoms with E-state index in [0.29, 0.717) is 12.1 Å². The van der Waals surface area contributed by atoms with E-state index in [1.54, 1.807) is 7.05 Å². The summed E-state index contributed by atoms with van der Waals surface area (Å²) in [4.78, 5) is 23.5. The van der Waals surface area contributed by atoms with E-state index >= 15 is 0 Å². The van der Waals surface area contributed by atoms with Gasteiger partial charge in [0.15, 0.2) is 5.58 Å². The van der Waals surface area contributed by atoms with E-state index in [2.05, 4.69) is 5.32 Å². The highest BCUT2D eigenvalue weighted by atomic mass is 16.4. The molecule has 0 unspecified atom stereocenters. The number of hydrogen-bond donors (Lipinski definition) is 1. The van der Waals surface area contributed by atoms with Gasteiger partial charge in [-0.15, -0.1) is 0 Å². The van der Waals surface area contributed by atoms with Gasteiger partial charge in [0.2, 0.25) is 5.91 Å². The maximum absolute atomic E-state index is 12.1. The maximum atomic E-state index is 12.1. The quantitative estimate of drug-likeness (QED) is 0.943. The van der Waals surface area contributed by atoms with Gasteiger partial charge in [-0.05, 0) is 37.0 Å². The van der Waals surface area contributed by atoms with Gasteiger partial charge in [-0.2, -0.15) is 0 Å². The zero-order valence-corrected chi connectivity index (χ0v) is 12.9. The molecule has 1 aliphatic carbocycles. The van der Waals surface area contributed by atoms with Crippen molar-refractivity contribution in [3.8, 4) is 0 Å². The molecule has 0 atom stereocenters. The number of fused-ring (bicyclic) bond motifs is 1. The molecule has 1 aromatic carbocycles. The molecule has 118 valence electrons. The van der Waals surface area contributed by atoms with Crippen LogP contribution in [-0.2, 0) is 18.3 Å². The van der Waals surface area contributed by atoms with E-state index in [1.165, 1.54) is 23.8 Å². The Morgan fingerprint density at radius 2 is 2.09 bits per heavy atom. The molecule has 0 aliphatic heterocycles. The lowest BCUT2D eigenvalue weighted by Gasteiger charge is -2.20. The molecule has 0 radical (unpaired) electrons. The average molecular weight is 302 g/mol. The molecule has 0 spiro atoms. The number of aromatic nitrogens is 1. The molecule has 3 rings (SSSR count). The van der Waals surface area contributed by atoms with Crippen LogP contribution in [0.3, 0.4) is 0 Å². The second kappa shape index (κ2) is 6.38. The predicted octanol–water partition coefficient (Wildman–Crippen LogP) is 2.37. The van der Waals surface area contributed by atoms with Gasteiger partial charge in [0.05, 0.1) is 5.52 Å². The number of carbonyl (C=O) groups excluding carboxylic acids is 1. The molecule has 2 aromatic rings. The Morgan fingerprint density at radius 1 is 1.32 bits per heavy atom. The van der Waals surface area contributed by atoms with Gasteiger partial charge in [0, 0.05) is 19.5 Å². The van der Waals surface area contributed by atoms with Gasteiger partial charge < -0.3 is 9.73 Å². The van der Waals surface area contributed by atoms with Crippen LogP contribution in [0.5, 0.6) is 0 Å². The van der Waals surface area contributed by atoms with Gasteiger partial charge in [-0.25, -0.2) is 4.79 Å². The Balaban J connectivity index is 1.57. The summed E-state index contributed by atoms with van der Waals surface area (Å²) in [6, 6.07) is 5.74. The van der Waals surface area contributed by atoms with Crippen LogP contribution in [0.4, 0.5) is 0 Å². The Labute approximate surface area is 129 Å². The van der Waals surface area contributed by atoms with E-state index in [4.69, 9.17) is 4.42 Å². The molecule has 1 saturated carbocycles. The highest BCUT2D eigenvalue weighted by Gasteiger charge is 2.20. The molecule has 1 heterocycles. The van der Waals surface area contributed by atoms with Crippen molar-refractivity contribution in [2.45, 2.75) is 38.5 Å². The Morgan fingerprint density at radius 3 is 2.86 bits per heavy atom. The lowest BCUT2D eigenvalue weighted by molar-refractivity contribution is -0.125. The molecule has 1 amide bonds. The van der Waals surface area contributed by atoms with Crippen LogP contribution in [0, 0.1) is 5.92 Å². The van der Waals surface area contributed by atoms with Gasteiger partial charge in [-0.3, -0.25) is 9.36 Å². The van der Waals surface area contributed by atoms with Crippen LogP contribution in [-0.4, -0.2) is 17.0 Å². The fraction of sp³-hybridized carbons (Fsp3) is 0.529. The van der Waals surface area contributed by atoms with Crippen LogP contribution in [0.1, 0.15) is 37.7 Å². The first-order valence-electron chi connectivity index (χ1n) is 8.01. The summed E-state index contributed by atoms with van der Waals surface area (Å²) in [6.45, 7) is 0.623. The van der Waals surface area contributed by atoms with Crippen LogP contribution < -0.4 is 11.1 Å². The van der Waals surface area contributed by atoms with E-state index in [9.17, 15) is 9.59 Å². The fourth-order valence-corrected chi connectivity index (χ4v) is 3.17. The van der Waals surface area contributed by atoms with E-state index in [0.717, 1.165) is 30.3 Å². The van der Waals surface area contributed by atoms with Crippen molar-refractivity contribution in [1.29, 1.82) is 0 Å². The topological polar surface area (TPSA) is 64.2 Å². The number of nitrogens with one attached hydrogen (secondary N) is 1. The zero-order valence-electron chi connectivity index (χ0n) is 12.9. The zero-order chi connectivity index (χ0) is 15.5. The fourth-order valence-electron chi connectivity index (χ4n) is 3.17. The third-order valence-electron chi connectivity index (χ3n) is 4.55. The minimum absolute atomic E-state index is 0.187. The van der Waals surface area contributed by atoms with Crippen molar-refractivity contribution < 1.29 is 9.21 Å². The van der Waals surface area contributed by atoms with Crippen molar-refractivity contribution in [1.82, 2.24) is 9.88 Å². The number of oxazole rings is 1. The number of carbonyl (C=O) groups is 1. The highest BCUT2D eigenvalue weighted by Crippen LogP contribution is 2.23. The summed E-state index contributed by atoms with van der Waals surface area (Å²) in [5.74, 6) is 0.0353. The molecule has 1 aliphatic rings. The minimum atomic E-state index is -0.349. The molecular weight excluding hydrogens is 280 g/mol. The SMILES string of the molecule is Cn1c(=O)oc2cc(CCNC(=O)C3CCCCC3)ccc21. The first-order valence-corrected chi connectivity index (χ1v) is 8.01. The van der Waals surface area contributed by atoms with Crippen molar-refractivity contribution in [3.05, 3.63) is 34.3 Å². The molecule has 1 aromatic heterocycles. The summed E-state index contributed by atoms with van der Waals surface area (Å²) < 4.78 is 6.67. The Kier molecular flexibility index (Phi) is 4.32. The smallest absolute Gasteiger partial charge is 0.408 e. The van der Waals surface area contributed by atoms with E-state index in [1.807, 2.05) is 18.2 Å².